The van der Waals surface area contributed by atoms with Crippen molar-refractivity contribution in [2.24, 2.45) is 17.6 Å². The van der Waals surface area contributed by atoms with Gasteiger partial charge in [0.05, 0.1) is 6.54 Å². The minimum absolute atomic E-state index is 0.166. The highest BCUT2D eigenvalue weighted by molar-refractivity contribution is 5.78. The fraction of sp³-hybridized carbons (Fsp3) is 0.917. The Bertz CT molecular complexity index is 263. The maximum absolute atomic E-state index is 11.6. The topological polar surface area (TPSA) is 58.4 Å². The zero-order valence-corrected chi connectivity index (χ0v) is 10.3. The first-order valence-electron chi connectivity index (χ1n) is 6.33. The van der Waals surface area contributed by atoms with Crippen LogP contribution in [0.2, 0.25) is 0 Å². The second-order valence-corrected chi connectivity index (χ2v) is 5.61. The summed E-state index contributed by atoms with van der Waals surface area (Å²) >= 11 is 0. The largest absolute Gasteiger partial charge is 0.352 e. The molecule has 2 fully saturated rings. The molecule has 4 nitrogen and oxygen atoms in total. The second-order valence-electron chi connectivity index (χ2n) is 5.61. The minimum Gasteiger partial charge on any atom is -0.352 e. The Hall–Kier alpha value is -0.610. The fourth-order valence-electron chi connectivity index (χ4n) is 2.48. The van der Waals surface area contributed by atoms with Crippen LogP contribution >= 0.6 is 0 Å². The van der Waals surface area contributed by atoms with E-state index in [0.717, 1.165) is 25.9 Å². The van der Waals surface area contributed by atoms with Gasteiger partial charge in [0, 0.05) is 25.2 Å². The van der Waals surface area contributed by atoms with Gasteiger partial charge in [0.2, 0.25) is 5.91 Å². The Kier molecular flexibility index (Phi) is 3.50. The lowest BCUT2D eigenvalue weighted by atomic mass is 9.92. The molecule has 0 aromatic rings. The molecule has 1 aliphatic heterocycles. The Labute approximate surface area is 97.6 Å². The van der Waals surface area contributed by atoms with E-state index in [2.05, 4.69) is 24.1 Å². The number of amides is 1. The summed E-state index contributed by atoms with van der Waals surface area (Å²) in [5.74, 6) is 1.30. The van der Waals surface area contributed by atoms with E-state index in [9.17, 15) is 4.79 Å². The Balaban J connectivity index is 1.76. The van der Waals surface area contributed by atoms with Crippen molar-refractivity contribution in [3.63, 3.8) is 0 Å². The molecule has 92 valence electrons. The molecule has 2 aliphatic rings. The van der Waals surface area contributed by atoms with Crippen LogP contribution in [-0.4, -0.2) is 42.5 Å². The van der Waals surface area contributed by atoms with Crippen molar-refractivity contribution < 1.29 is 4.79 Å². The molecule has 0 aromatic heterocycles. The molecule has 1 heterocycles. The van der Waals surface area contributed by atoms with Gasteiger partial charge < -0.3 is 11.1 Å². The summed E-state index contributed by atoms with van der Waals surface area (Å²) < 4.78 is 0. The summed E-state index contributed by atoms with van der Waals surface area (Å²) in [6, 6.07) is 0.693. The van der Waals surface area contributed by atoms with Crippen LogP contribution in [0, 0.1) is 11.8 Å². The van der Waals surface area contributed by atoms with Crippen molar-refractivity contribution in [3.8, 4) is 0 Å². The van der Waals surface area contributed by atoms with Gasteiger partial charge in [-0.1, -0.05) is 13.8 Å². The number of likely N-dealkylation sites (tertiary alicyclic amines) is 1. The molecule has 2 rings (SSSR count). The van der Waals surface area contributed by atoms with Crippen LogP contribution in [0.4, 0.5) is 0 Å². The van der Waals surface area contributed by atoms with E-state index < -0.39 is 0 Å². The number of carbonyl (C=O) groups excluding carboxylic acids is 1. The van der Waals surface area contributed by atoms with E-state index in [1.807, 2.05) is 0 Å². The standard InChI is InChI=1S/C12H23N3O/c1-8(2)10-5-15(6-11(10)13)7-12(16)14-9-3-4-9/h8-11H,3-7,13H2,1-2H3,(H,14,16)/t10-,11+/m1/s1. The maximum Gasteiger partial charge on any atom is 0.234 e. The molecule has 2 atom stereocenters. The molecule has 0 radical (unpaired) electrons. The highest BCUT2D eigenvalue weighted by Crippen LogP contribution is 2.23. The number of hydrogen-bond acceptors (Lipinski definition) is 3. The van der Waals surface area contributed by atoms with E-state index >= 15 is 0 Å². The molecule has 1 saturated heterocycles. The average molecular weight is 225 g/mol. The minimum atomic E-state index is 0.166. The molecule has 16 heavy (non-hydrogen) atoms. The van der Waals surface area contributed by atoms with Gasteiger partial charge in [-0.05, 0) is 24.7 Å². The number of nitrogens with two attached hydrogens (primary N) is 1. The summed E-state index contributed by atoms with van der Waals surface area (Å²) in [5.41, 5.74) is 6.09. The lowest BCUT2D eigenvalue weighted by Crippen LogP contribution is -2.38. The molecule has 1 aliphatic carbocycles. The summed E-state index contributed by atoms with van der Waals surface area (Å²) in [5, 5.41) is 3.02. The van der Waals surface area contributed by atoms with Crippen LogP contribution in [0.3, 0.4) is 0 Å². The lowest BCUT2D eigenvalue weighted by Gasteiger charge is -2.18. The maximum atomic E-state index is 11.6. The van der Waals surface area contributed by atoms with Gasteiger partial charge in [-0.15, -0.1) is 0 Å². The monoisotopic (exact) mass is 225 g/mol. The molecule has 0 aromatic carbocycles. The van der Waals surface area contributed by atoms with E-state index in [4.69, 9.17) is 5.73 Å². The fourth-order valence-corrected chi connectivity index (χ4v) is 2.48. The van der Waals surface area contributed by atoms with Crippen LogP contribution in [0.25, 0.3) is 0 Å². The van der Waals surface area contributed by atoms with Crippen molar-refractivity contribution in [2.75, 3.05) is 19.6 Å². The molecule has 4 heteroatoms. The predicted octanol–water partition coefficient (Wildman–Crippen LogP) is 0.180. The van der Waals surface area contributed by atoms with Crippen molar-refractivity contribution in [1.82, 2.24) is 10.2 Å². The van der Waals surface area contributed by atoms with Crippen LogP contribution in [0.1, 0.15) is 26.7 Å². The highest BCUT2D eigenvalue weighted by Gasteiger charge is 2.33. The second kappa shape index (κ2) is 4.72. The molecule has 0 unspecified atom stereocenters. The molecular weight excluding hydrogens is 202 g/mol. The van der Waals surface area contributed by atoms with Crippen LogP contribution in [0.5, 0.6) is 0 Å². The third-order valence-electron chi connectivity index (χ3n) is 3.65. The summed E-state index contributed by atoms with van der Waals surface area (Å²) in [4.78, 5) is 13.8. The highest BCUT2D eigenvalue weighted by atomic mass is 16.2. The lowest BCUT2D eigenvalue weighted by molar-refractivity contribution is -0.122. The van der Waals surface area contributed by atoms with E-state index in [-0.39, 0.29) is 11.9 Å². The van der Waals surface area contributed by atoms with Gasteiger partial charge in [-0.2, -0.15) is 0 Å². The molecule has 1 saturated carbocycles. The van der Waals surface area contributed by atoms with E-state index in [0.29, 0.717) is 24.4 Å². The van der Waals surface area contributed by atoms with Crippen LogP contribution in [0.15, 0.2) is 0 Å². The number of rotatable bonds is 4. The number of nitrogens with zero attached hydrogens (tertiary/aromatic N) is 1. The Morgan fingerprint density at radius 3 is 2.62 bits per heavy atom. The number of carbonyl (C=O) groups is 1. The van der Waals surface area contributed by atoms with Crippen molar-refractivity contribution in [2.45, 2.75) is 38.8 Å². The predicted molar refractivity (Wildman–Crippen MR) is 63.9 cm³/mol. The van der Waals surface area contributed by atoms with Crippen molar-refractivity contribution >= 4 is 5.91 Å². The zero-order chi connectivity index (χ0) is 11.7. The number of hydrogen-bond donors (Lipinski definition) is 2. The first-order chi connectivity index (χ1) is 7.56. The van der Waals surface area contributed by atoms with E-state index in [1.165, 1.54) is 0 Å². The van der Waals surface area contributed by atoms with Crippen LogP contribution < -0.4 is 11.1 Å². The third kappa shape index (κ3) is 2.95. The Morgan fingerprint density at radius 1 is 1.44 bits per heavy atom. The average Bonchev–Trinajstić information content (AvgIpc) is 2.89. The smallest absolute Gasteiger partial charge is 0.234 e. The molecule has 0 spiro atoms. The van der Waals surface area contributed by atoms with Gasteiger partial charge in [-0.25, -0.2) is 0 Å². The quantitative estimate of drug-likeness (QED) is 0.717. The van der Waals surface area contributed by atoms with Crippen molar-refractivity contribution in [3.05, 3.63) is 0 Å². The van der Waals surface area contributed by atoms with Gasteiger partial charge in [0.1, 0.15) is 0 Å². The molecule has 0 bridgehead atoms. The van der Waals surface area contributed by atoms with Gasteiger partial charge in [0.15, 0.2) is 0 Å². The van der Waals surface area contributed by atoms with Gasteiger partial charge in [0.25, 0.3) is 0 Å². The number of nitrogens with one attached hydrogen (secondary N) is 1. The van der Waals surface area contributed by atoms with Crippen LogP contribution in [-0.2, 0) is 4.79 Å². The molecular formula is C12H23N3O. The summed E-state index contributed by atoms with van der Waals surface area (Å²) in [7, 11) is 0. The first-order valence-corrected chi connectivity index (χ1v) is 6.33. The van der Waals surface area contributed by atoms with E-state index in [1.54, 1.807) is 0 Å². The summed E-state index contributed by atoms with van der Waals surface area (Å²) in [6.07, 6.45) is 2.31. The van der Waals surface area contributed by atoms with Gasteiger partial charge >= 0.3 is 0 Å². The molecule has 3 N–H and O–H groups in total. The third-order valence-corrected chi connectivity index (χ3v) is 3.65. The summed E-state index contributed by atoms with van der Waals surface area (Å²) in [6.45, 7) is 6.77. The first kappa shape index (κ1) is 11.9. The SMILES string of the molecule is CC(C)[C@H]1CN(CC(=O)NC2CC2)C[C@@H]1N. The van der Waals surface area contributed by atoms with Gasteiger partial charge in [-0.3, -0.25) is 9.69 Å². The zero-order valence-electron chi connectivity index (χ0n) is 10.3. The molecule has 1 amide bonds. The Morgan fingerprint density at radius 2 is 2.12 bits per heavy atom. The normalized spacial score (nSPS) is 31.0. The van der Waals surface area contributed by atoms with Crippen molar-refractivity contribution in [1.29, 1.82) is 0 Å².